The molecule has 0 aliphatic carbocycles. The fourth-order valence-corrected chi connectivity index (χ4v) is 5.98. The van der Waals surface area contributed by atoms with Crippen molar-refractivity contribution in [1.29, 1.82) is 0 Å². The third-order valence-corrected chi connectivity index (χ3v) is 7.43. The molecule has 0 N–H and O–H groups in total. The van der Waals surface area contributed by atoms with Crippen LogP contribution in [0.25, 0.3) is 10.8 Å². The highest BCUT2D eigenvalue weighted by Gasteiger charge is 2.36. The Morgan fingerprint density at radius 2 is 1.28 bits per heavy atom. The van der Waals surface area contributed by atoms with Gasteiger partial charge in [-0.1, -0.05) is 48.5 Å². The van der Waals surface area contributed by atoms with Gasteiger partial charge >= 0.3 is 0 Å². The maximum Gasteiger partial charge on any atom is 0.210 e. The van der Waals surface area contributed by atoms with E-state index in [4.69, 9.17) is 0 Å². The normalized spacial score (nSPS) is 14.5. The minimum absolute atomic E-state index is 0.364. The Hall–Kier alpha value is -3.11. The number of rotatable bonds is 1. The molecule has 3 nitrogen and oxygen atoms in total. The summed E-state index contributed by atoms with van der Waals surface area (Å²) < 4.78 is 27.0. The Balaban J connectivity index is 1.95. The van der Waals surface area contributed by atoms with E-state index >= 15 is 0 Å². The lowest BCUT2D eigenvalue weighted by Crippen LogP contribution is -2.23. The molecule has 1 heterocycles. The number of anilines is 3. The van der Waals surface area contributed by atoms with Crippen molar-refractivity contribution in [2.45, 2.75) is 30.6 Å². The van der Waals surface area contributed by atoms with Gasteiger partial charge in [-0.05, 0) is 67.1 Å². The van der Waals surface area contributed by atoms with Gasteiger partial charge in [0.05, 0.1) is 26.9 Å². The van der Waals surface area contributed by atoms with E-state index in [2.05, 4.69) is 36.1 Å². The van der Waals surface area contributed by atoms with Crippen LogP contribution in [0.4, 0.5) is 17.1 Å². The van der Waals surface area contributed by atoms with Crippen LogP contribution in [0.15, 0.2) is 82.6 Å². The van der Waals surface area contributed by atoms with E-state index in [1.165, 1.54) is 0 Å². The lowest BCUT2D eigenvalue weighted by atomic mass is 10.0. The van der Waals surface area contributed by atoms with Gasteiger partial charge in [0.1, 0.15) is 0 Å². The minimum atomic E-state index is -3.60. The van der Waals surface area contributed by atoms with Gasteiger partial charge in [-0.3, -0.25) is 0 Å². The second kappa shape index (κ2) is 6.19. The average Bonchev–Trinajstić information content (AvgIpc) is 2.70. The van der Waals surface area contributed by atoms with Crippen LogP contribution >= 0.6 is 0 Å². The van der Waals surface area contributed by atoms with E-state index in [0.29, 0.717) is 21.2 Å². The van der Waals surface area contributed by atoms with E-state index in [1.807, 2.05) is 50.2 Å². The zero-order valence-corrected chi connectivity index (χ0v) is 17.4. The fourth-order valence-electron chi connectivity index (χ4n) is 4.19. The van der Waals surface area contributed by atoms with Gasteiger partial charge in [0.15, 0.2) is 0 Å². The molecule has 1 aliphatic heterocycles. The highest BCUT2D eigenvalue weighted by Crippen LogP contribution is 2.50. The highest BCUT2D eigenvalue weighted by atomic mass is 32.2. The zero-order chi connectivity index (χ0) is 20.3. The predicted octanol–water partition coefficient (Wildman–Crippen LogP) is 6.38. The zero-order valence-electron chi connectivity index (χ0n) is 16.6. The second-order valence-corrected chi connectivity index (χ2v) is 9.62. The molecule has 0 atom stereocenters. The quantitative estimate of drug-likeness (QED) is 0.328. The summed E-state index contributed by atoms with van der Waals surface area (Å²) in [6.07, 6.45) is 0. The van der Waals surface area contributed by atoms with Crippen LogP contribution in [0.1, 0.15) is 16.7 Å². The molecule has 0 amide bonds. The molecule has 4 heteroatoms. The molecule has 4 aromatic carbocycles. The van der Waals surface area contributed by atoms with Crippen LogP contribution in [0.3, 0.4) is 0 Å². The summed E-state index contributed by atoms with van der Waals surface area (Å²) in [6, 6.07) is 23.8. The van der Waals surface area contributed by atoms with E-state index in [-0.39, 0.29) is 0 Å². The Morgan fingerprint density at radius 3 is 1.90 bits per heavy atom. The molecule has 0 fully saturated rings. The summed E-state index contributed by atoms with van der Waals surface area (Å²) in [5.74, 6) is 0. The third kappa shape index (κ3) is 2.60. The Morgan fingerprint density at radius 1 is 0.690 bits per heavy atom. The maximum atomic E-state index is 13.5. The summed E-state index contributed by atoms with van der Waals surface area (Å²) in [5.41, 5.74) is 5.38. The maximum absolute atomic E-state index is 13.5. The lowest BCUT2D eigenvalue weighted by Gasteiger charge is -2.35. The van der Waals surface area contributed by atoms with Crippen LogP contribution in [0, 0.1) is 20.8 Å². The topological polar surface area (TPSA) is 37.4 Å². The molecule has 4 aromatic rings. The van der Waals surface area contributed by atoms with Crippen molar-refractivity contribution >= 4 is 37.7 Å². The summed E-state index contributed by atoms with van der Waals surface area (Å²) in [7, 11) is -3.60. The van der Waals surface area contributed by atoms with Gasteiger partial charge in [-0.25, -0.2) is 8.42 Å². The van der Waals surface area contributed by atoms with Gasteiger partial charge < -0.3 is 4.90 Å². The molecule has 144 valence electrons. The molecular formula is C25H21NO2S. The molecule has 0 saturated carbocycles. The van der Waals surface area contributed by atoms with Crippen LogP contribution in [-0.2, 0) is 9.84 Å². The first-order valence-electron chi connectivity index (χ1n) is 9.63. The Kier molecular flexibility index (Phi) is 3.83. The van der Waals surface area contributed by atoms with Crippen molar-refractivity contribution < 1.29 is 8.42 Å². The smallest absolute Gasteiger partial charge is 0.210 e. The molecule has 29 heavy (non-hydrogen) atoms. The SMILES string of the molecule is Cc1ccc2c(c1)S(=O)(=O)c1cc(C)ccc1N2c1c(C)ccc2ccccc12. The van der Waals surface area contributed by atoms with E-state index in [0.717, 1.165) is 33.2 Å². The number of fused-ring (bicyclic) bond motifs is 3. The average molecular weight is 400 g/mol. The van der Waals surface area contributed by atoms with Gasteiger partial charge in [0.25, 0.3) is 0 Å². The number of sulfone groups is 1. The monoisotopic (exact) mass is 399 g/mol. The number of hydrogen-bond donors (Lipinski definition) is 0. The van der Waals surface area contributed by atoms with Crippen molar-refractivity contribution in [2.24, 2.45) is 0 Å². The molecular weight excluding hydrogens is 378 g/mol. The summed E-state index contributed by atoms with van der Waals surface area (Å²) in [5, 5.41) is 2.23. The highest BCUT2D eigenvalue weighted by molar-refractivity contribution is 7.92. The standard InChI is InChI=1S/C25H21NO2S/c1-16-8-12-21-23(14-16)29(27,28)24-15-17(2)9-13-22(24)26(21)25-18(3)10-11-19-6-4-5-7-20(19)25/h4-15H,1-3H3. The van der Waals surface area contributed by atoms with Crippen molar-refractivity contribution in [3.63, 3.8) is 0 Å². The molecule has 1 aliphatic rings. The first-order valence-corrected chi connectivity index (χ1v) is 11.1. The van der Waals surface area contributed by atoms with Gasteiger partial charge in [-0.2, -0.15) is 0 Å². The van der Waals surface area contributed by atoms with Crippen LogP contribution in [-0.4, -0.2) is 8.42 Å². The lowest BCUT2D eigenvalue weighted by molar-refractivity contribution is 0.595. The van der Waals surface area contributed by atoms with Crippen LogP contribution in [0.2, 0.25) is 0 Å². The largest absolute Gasteiger partial charge is 0.307 e. The third-order valence-electron chi connectivity index (χ3n) is 5.62. The molecule has 0 spiro atoms. The number of hydrogen-bond acceptors (Lipinski definition) is 3. The molecule has 5 rings (SSSR count). The predicted molar refractivity (Wildman–Crippen MR) is 118 cm³/mol. The van der Waals surface area contributed by atoms with Crippen molar-refractivity contribution in [1.82, 2.24) is 0 Å². The number of nitrogens with zero attached hydrogens (tertiary/aromatic N) is 1. The van der Waals surface area contributed by atoms with Crippen LogP contribution < -0.4 is 4.90 Å². The first kappa shape index (κ1) is 18.0. The van der Waals surface area contributed by atoms with Gasteiger partial charge in [-0.15, -0.1) is 0 Å². The van der Waals surface area contributed by atoms with Crippen molar-refractivity contribution in [3.8, 4) is 0 Å². The second-order valence-electron chi connectivity index (χ2n) is 7.73. The minimum Gasteiger partial charge on any atom is -0.307 e. The van der Waals surface area contributed by atoms with E-state index < -0.39 is 9.84 Å². The van der Waals surface area contributed by atoms with Gasteiger partial charge in [0, 0.05) is 5.39 Å². The molecule has 0 bridgehead atoms. The van der Waals surface area contributed by atoms with Crippen molar-refractivity contribution in [2.75, 3.05) is 4.90 Å². The fraction of sp³-hybridized carbons (Fsp3) is 0.120. The van der Waals surface area contributed by atoms with Crippen LogP contribution in [0.5, 0.6) is 0 Å². The Labute approximate surface area is 171 Å². The summed E-state index contributed by atoms with van der Waals surface area (Å²) >= 11 is 0. The van der Waals surface area contributed by atoms with E-state index in [1.54, 1.807) is 12.1 Å². The van der Waals surface area contributed by atoms with Gasteiger partial charge in [0.2, 0.25) is 9.84 Å². The Bertz CT molecular complexity index is 1340. The molecule has 0 radical (unpaired) electrons. The molecule has 0 unspecified atom stereocenters. The molecule has 0 aromatic heterocycles. The van der Waals surface area contributed by atoms with E-state index in [9.17, 15) is 8.42 Å². The first-order chi connectivity index (χ1) is 13.9. The number of aryl methyl sites for hydroxylation is 3. The molecule has 0 saturated heterocycles. The summed E-state index contributed by atoms with van der Waals surface area (Å²) in [6.45, 7) is 5.93. The van der Waals surface area contributed by atoms with Crippen molar-refractivity contribution in [3.05, 3.63) is 89.5 Å². The number of benzene rings is 4. The summed E-state index contributed by atoms with van der Waals surface area (Å²) in [4.78, 5) is 2.84.